The van der Waals surface area contributed by atoms with Crippen LogP contribution >= 0.6 is 23.2 Å². The van der Waals surface area contributed by atoms with Crippen LogP contribution in [0.15, 0.2) is 42.5 Å². The fourth-order valence-electron chi connectivity index (χ4n) is 2.20. The van der Waals surface area contributed by atoms with Gasteiger partial charge in [-0.1, -0.05) is 47.5 Å². The van der Waals surface area contributed by atoms with Crippen LogP contribution < -0.4 is 10.1 Å². The summed E-state index contributed by atoms with van der Waals surface area (Å²) in [6, 6.07) is 13.0. The third-order valence-electron chi connectivity index (χ3n) is 3.38. The normalized spacial score (nSPS) is 10.4. The number of amides is 1. The van der Waals surface area contributed by atoms with Crippen LogP contribution in [0.25, 0.3) is 0 Å². The zero-order valence-electron chi connectivity index (χ0n) is 12.9. The van der Waals surface area contributed by atoms with E-state index in [1.165, 1.54) is 0 Å². The molecule has 1 amide bonds. The van der Waals surface area contributed by atoms with Crippen molar-refractivity contribution in [3.8, 4) is 5.75 Å². The summed E-state index contributed by atoms with van der Waals surface area (Å²) in [6.45, 7) is 2.98. The Balaban J connectivity index is 1.86. The number of nitrogens with one attached hydrogen (secondary N) is 1. The van der Waals surface area contributed by atoms with Gasteiger partial charge in [-0.2, -0.15) is 0 Å². The van der Waals surface area contributed by atoms with E-state index in [2.05, 4.69) is 5.32 Å². The topological polar surface area (TPSA) is 38.3 Å². The Morgan fingerprint density at radius 3 is 2.65 bits per heavy atom. The van der Waals surface area contributed by atoms with E-state index in [-0.39, 0.29) is 5.91 Å². The molecule has 0 aliphatic carbocycles. The molecule has 0 aliphatic heterocycles. The van der Waals surface area contributed by atoms with Crippen molar-refractivity contribution < 1.29 is 9.53 Å². The molecular formula is C18H19Cl2NO2. The molecule has 0 fully saturated rings. The maximum atomic E-state index is 12.0. The monoisotopic (exact) mass is 351 g/mol. The van der Waals surface area contributed by atoms with Crippen LogP contribution in [0.3, 0.4) is 0 Å². The highest BCUT2D eigenvalue weighted by Crippen LogP contribution is 2.22. The first-order valence-corrected chi connectivity index (χ1v) is 8.27. The van der Waals surface area contributed by atoms with Gasteiger partial charge in [0.15, 0.2) is 0 Å². The number of hydrogen-bond donors (Lipinski definition) is 1. The van der Waals surface area contributed by atoms with Gasteiger partial charge >= 0.3 is 0 Å². The lowest BCUT2D eigenvalue weighted by atomic mass is 10.1. The van der Waals surface area contributed by atoms with Crippen molar-refractivity contribution in [2.75, 3.05) is 6.61 Å². The molecule has 0 aromatic heterocycles. The van der Waals surface area contributed by atoms with Crippen molar-refractivity contribution in [3.05, 3.63) is 63.6 Å². The smallest absolute Gasteiger partial charge is 0.220 e. The number of carbonyl (C=O) groups is 1. The molecule has 1 N–H and O–H groups in total. The number of rotatable bonds is 7. The molecule has 0 heterocycles. The number of para-hydroxylation sites is 1. The summed E-state index contributed by atoms with van der Waals surface area (Å²) < 4.78 is 5.54. The Kier molecular flexibility index (Phi) is 6.75. The summed E-state index contributed by atoms with van der Waals surface area (Å²) in [5.41, 5.74) is 1.88. The van der Waals surface area contributed by atoms with Crippen LogP contribution in [0, 0.1) is 0 Å². The van der Waals surface area contributed by atoms with Crippen LogP contribution in [-0.4, -0.2) is 12.5 Å². The molecule has 0 radical (unpaired) electrons. The number of carbonyl (C=O) groups excluding carboxylic acids is 1. The summed E-state index contributed by atoms with van der Waals surface area (Å²) in [7, 11) is 0. The molecule has 23 heavy (non-hydrogen) atoms. The van der Waals surface area contributed by atoms with Crippen molar-refractivity contribution in [3.63, 3.8) is 0 Å². The second kappa shape index (κ2) is 8.80. The molecule has 0 spiro atoms. The van der Waals surface area contributed by atoms with Gasteiger partial charge in [-0.25, -0.2) is 0 Å². The average Bonchev–Trinajstić information content (AvgIpc) is 2.53. The zero-order chi connectivity index (χ0) is 16.7. The molecule has 5 heteroatoms. The van der Waals surface area contributed by atoms with Crippen LogP contribution in [0.4, 0.5) is 0 Å². The Labute approximate surface area is 146 Å². The highest BCUT2D eigenvalue weighted by atomic mass is 35.5. The van der Waals surface area contributed by atoms with Crippen LogP contribution in [0.2, 0.25) is 10.0 Å². The third-order valence-corrected chi connectivity index (χ3v) is 3.97. The number of ether oxygens (including phenoxy) is 1. The molecule has 0 aliphatic rings. The Bertz CT molecular complexity index is 674. The fourth-order valence-corrected chi connectivity index (χ4v) is 2.70. The maximum Gasteiger partial charge on any atom is 0.220 e. The predicted molar refractivity (Wildman–Crippen MR) is 94.2 cm³/mol. The van der Waals surface area contributed by atoms with E-state index in [0.717, 1.165) is 16.9 Å². The van der Waals surface area contributed by atoms with E-state index in [0.29, 0.717) is 36.0 Å². The van der Waals surface area contributed by atoms with E-state index in [1.807, 2.05) is 37.3 Å². The van der Waals surface area contributed by atoms with Gasteiger partial charge in [-0.3, -0.25) is 4.79 Å². The minimum Gasteiger partial charge on any atom is -0.494 e. The summed E-state index contributed by atoms with van der Waals surface area (Å²) >= 11 is 12.0. The lowest BCUT2D eigenvalue weighted by Gasteiger charge is -2.11. The van der Waals surface area contributed by atoms with Crippen molar-refractivity contribution in [2.45, 2.75) is 26.3 Å². The summed E-state index contributed by atoms with van der Waals surface area (Å²) in [6.07, 6.45) is 0.951. The minimum absolute atomic E-state index is 0.0256. The van der Waals surface area contributed by atoms with E-state index in [1.54, 1.807) is 12.1 Å². The second-order valence-corrected chi connectivity index (χ2v) is 5.90. The quantitative estimate of drug-likeness (QED) is 0.788. The van der Waals surface area contributed by atoms with Gasteiger partial charge in [0.1, 0.15) is 5.75 Å². The molecular weight excluding hydrogens is 333 g/mol. The van der Waals surface area contributed by atoms with E-state index in [9.17, 15) is 4.79 Å². The molecule has 2 aromatic rings. The summed E-state index contributed by atoms with van der Waals surface area (Å²) in [5, 5.41) is 4.09. The van der Waals surface area contributed by atoms with Gasteiger partial charge in [0.25, 0.3) is 0 Å². The molecule has 0 bridgehead atoms. The molecule has 122 valence electrons. The molecule has 0 unspecified atom stereocenters. The SMILES string of the molecule is CCOc1ccccc1CNC(=O)CCc1ccc(Cl)cc1Cl. The van der Waals surface area contributed by atoms with Crippen LogP contribution in [0.1, 0.15) is 24.5 Å². The largest absolute Gasteiger partial charge is 0.494 e. The standard InChI is InChI=1S/C18H19Cl2NO2/c1-2-23-17-6-4-3-5-14(17)12-21-18(22)10-8-13-7-9-15(19)11-16(13)20/h3-7,9,11H,2,8,10,12H2,1H3,(H,21,22). The minimum atomic E-state index is -0.0256. The van der Waals surface area contributed by atoms with Crippen LogP contribution in [-0.2, 0) is 17.8 Å². The van der Waals surface area contributed by atoms with Gasteiger partial charge < -0.3 is 10.1 Å². The van der Waals surface area contributed by atoms with Gasteiger partial charge in [0.05, 0.1) is 6.61 Å². The van der Waals surface area contributed by atoms with Gasteiger partial charge in [-0.05, 0) is 37.1 Å². The number of aryl methyl sites for hydroxylation is 1. The molecule has 2 aromatic carbocycles. The average molecular weight is 352 g/mol. The van der Waals surface area contributed by atoms with E-state index < -0.39 is 0 Å². The number of halogens is 2. The van der Waals surface area contributed by atoms with Gasteiger partial charge in [0, 0.05) is 28.6 Å². The molecule has 3 nitrogen and oxygen atoms in total. The Morgan fingerprint density at radius 2 is 1.91 bits per heavy atom. The molecule has 2 rings (SSSR count). The maximum absolute atomic E-state index is 12.0. The second-order valence-electron chi connectivity index (χ2n) is 5.05. The lowest BCUT2D eigenvalue weighted by Crippen LogP contribution is -2.23. The highest BCUT2D eigenvalue weighted by Gasteiger charge is 2.08. The van der Waals surface area contributed by atoms with E-state index in [4.69, 9.17) is 27.9 Å². The van der Waals surface area contributed by atoms with Gasteiger partial charge in [-0.15, -0.1) is 0 Å². The third kappa shape index (κ3) is 5.45. The molecule has 0 saturated carbocycles. The number of hydrogen-bond acceptors (Lipinski definition) is 2. The summed E-state index contributed by atoms with van der Waals surface area (Å²) in [4.78, 5) is 12.0. The highest BCUT2D eigenvalue weighted by molar-refractivity contribution is 6.35. The van der Waals surface area contributed by atoms with Crippen molar-refractivity contribution in [2.24, 2.45) is 0 Å². The first-order chi connectivity index (χ1) is 11.1. The predicted octanol–water partition coefficient (Wildman–Crippen LogP) is 4.64. The van der Waals surface area contributed by atoms with Crippen LogP contribution in [0.5, 0.6) is 5.75 Å². The molecule has 0 atom stereocenters. The Morgan fingerprint density at radius 1 is 1.13 bits per heavy atom. The Hall–Kier alpha value is -1.71. The first-order valence-electron chi connectivity index (χ1n) is 7.51. The van der Waals surface area contributed by atoms with Gasteiger partial charge in [0.2, 0.25) is 5.91 Å². The fraction of sp³-hybridized carbons (Fsp3) is 0.278. The lowest BCUT2D eigenvalue weighted by molar-refractivity contribution is -0.121. The zero-order valence-corrected chi connectivity index (χ0v) is 14.5. The van der Waals surface area contributed by atoms with Crippen molar-refractivity contribution >= 4 is 29.1 Å². The first kappa shape index (κ1) is 17.6. The van der Waals surface area contributed by atoms with E-state index >= 15 is 0 Å². The summed E-state index contributed by atoms with van der Waals surface area (Å²) in [5.74, 6) is 0.776. The van der Waals surface area contributed by atoms with Crippen molar-refractivity contribution in [1.82, 2.24) is 5.32 Å². The number of benzene rings is 2. The molecule has 0 saturated heterocycles. The van der Waals surface area contributed by atoms with Crippen molar-refractivity contribution in [1.29, 1.82) is 0 Å².